The summed E-state index contributed by atoms with van der Waals surface area (Å²) in [5, 5.41) is 6.81. The SMILES string of the molecule is CC1(CN2CCN(c3ncnc4sccc34)CC2)CCNC1.Cl. The van der Waals surface area contributed by atoms with Crippen molar-refractivity contribution in [3.05, 3.63) is 17.8 Å². The van der Waals surface area contributed by atoms with Gasteiger partial charge in [-0.05, 0) is 29.8 Å². The van der Waals surface area contributed by atoms with Crippen molar-refractivity contribution in [2.75, 3.05) is 50.7 Å². The Bertz CT molecular complexity index is 647. The molecule has 2 aromatic heterocycles. The summed E-state index contributed by atoms with van der Waals surface area (Å²) < 4.78 is 0. The van der Waals surface area contributed by atoms with E-state index in [1.165, 1.54) is 24.9 Å². The minimum atomic E-state index is 0. The molecular formula is C16H24ClN5S. The molecule has 2 aliphatic heterocycles. The predicted molar refractivity (Wildman–Crippen MR) is 98.9 cm³/mol. The van der Waals surface area contributed by atoms with Crippen LogP contribution in [0, 0.1) is 5.41 Å². The Morgan fingerprint density at radius 2 is 2.09 bits per heavy atom. The third-order valence-electron chi connectivity index (χ3n) is 4.97. The molecule has 4 heterocycles. The Morgan fingerprint density at radius 1 is 1.26 bits per heavy atom. The molecule has 126 valence electrons. The molecule has 0 aromatic carbocycles. The molecule has 0 spiro atoms. The van der Waals surface area contributed by atoms with E-state index in [1.807, 2.05) is 0 Å². The molecule has 0 aliphatic carbocycles. The average Bonchev–Trinajstić information content (AvgIpc) is 3.16. The van der Waals surface area contributed by atoms with Crippen LogP contribution in [0.2, 0.25) is 0 Å². The molecule has 4 rings (SSSR count). The van der Waals surface area contributed by atoms with Gasteiger partial charge in [0.1, 0.15) is 17.0 Å². The fourth-order valence-electron chi connectivity index (χ4n) is 3.69. The number of aromatic nitrogens is 2. The number of fused-ring (bicyclic) bond motifs is 1. The first-order valence-electron chi connectivity index (χ1n) is 8.10. The van der Waals surface area contributed by atoms with Gasteiger partial charge in [-0.1, -0.05) is 6.92 Å². The Hall–Kier alpha value is -0.950. The monoisotopic (exact) mass is 353 g/mol. The van der Waals surface area contributed by atoms with Crippen molar-refractivity contribution in [2.24, 2.45) is 5.41 Å². The first-order chi connectivity index (χ1) is 10.7. The van der Waals surface area contributed by atoms with E-state index in [1.54, 1.807) is 17.7 Å². The summed E-state index contributed by atoms with van der Waals surface area (Å²) in [6.07, 6.45) is 3.00. The second kappa shape index (κ2) is 6.89. The number of rotatable bonds is 3. The van der Waals surface area contributed by atoms with Gasteiger partial charge in [0.25, 0.3) is 0 Å². The zero-order chi connectivity index (χ0) is 15.0. The summed E-state index contributed by atoms with van der Waals surface area (Å²) in [6, 6.07) is 2.15. The molecule has 7 heteroatoms. The van der Waals surface area contributed by atoms with Gasteiger partial charge in [-0.2, -0.15) is 0 Å². The van der Waals surface area contributed by atoms with E-state index < -0.39 is 0 Å². The molecule has 1 N–H and O–H groups in total. The van der Waals surface area contributed by atoms with E-state index in [-0.39, 0.29) is 12.4 Å². The van der Waals surface area contributed by atoms with Gasteiger partial charge in [0.2, 0.25) is 0 Å². The number of hydrogen-bond acceptors (Lipinski definition) is 6. The van der Waals surface area contributed by atoms with Crippen molar-refractivity contribution in [2.45, 2.75) is 13.3 Å². The van der Waals surface area contributed by atoms with Crippen LogP contribution in [-0.2, 0) is 0 Å². The Morgan fingerprint density at radius 3 is 2.83 bits per heavy atom. The molecule has 2 aromatic rings. The fourth-order valence-corrected chi connectivity index (χ4v) is 4.42. The van der Waals surface area contributed by atoms with Crippen LogP contribution in [0.4, 0.5) is 5.82 Å². The third-order valence-corrected chi connectivity index (χ3v) is 5.80. The molecule has 2 saturated heterocycles. The molecule has 0 saturated carbocycles. The standard InChI is InChI=1S/C16H23N5S.ClH/c1-16(3-4-17-10-16)11-20-5-7-21(8-6-20)14-13-2-9-22-15(13)19-12-18-14;/h2,9,12,17H,3-8,10-11H2,1H3;1H. The molecule has 1 unspecified atom stereocenters. The quantitative estimate of drug-likeness (QED) is 0.916. The van der Waals surface area contributed by atoms with Crippen LogP contribution < -0.4 is 10.2 Å². The molecular weight excluding hydrogens is 330 g/mol. The highest BCUT2D eigenvalue weighted by Crippen LogP contribution is 2.29. The van der Waals surface area contributed by atoms with Crippen molar-refractivity contribution in [1.29, 1.82) is 0 Å². The number of piperazine rings is 1. The first kappa shape index (κ1) is 16.9. The lowest BCUT2D eigenvalue weighted by atomic mass is 9.89. The topological polar surface area (TPSA) is 44.3 Å². The first-order valence-corrected chi connectivity index (χ1v) is 8.98. The number of nitrogens with zero attached hydrogens (tertiary/aromatic N) is 4. The van der Waals surface area contributed by atoms with E-state index in [0.29, 0.717) is 5.41 Å². The van der Waals surface area contributed by atoms with Gasteiger partial charge in [-0.3, -0.25) is 4.90 Å². The van der Waals surface area contributed by atoms with Crippen LogP contribution in [-0.4, -0.2) is 60.7 Å². The van der Waals surface area contributed by atoms with Crippen LogP contribution in [0.15, 0.2) is 17.8 Å². The maximum absolute atomic E-state index is 4.54. The lowest BCUT2D eigenvalue weighted by Crippen LogP contribution is -2.50. The van der Waals surface area contributed by atoms with Crippen molar-refractivity contribution >= 4 is 39.8 Å². The largest absolute Gasteiger partial charge is 0.353 e. The van der Waals surface area contributed by atoms with Crippen LogP contribution in [0.5, 0.6) is 0 Å². The van der Waals surface area contributed by atoms with Crippen molar-refractivity contribution in [3.8, 4) is 0 Å². The van der Waals surface area contributed by atoms with Crippen LogP contribution >= 0.6 is 23.7 Å². The van der Waals surface area contributed by atoms with E-state index in [0.717, 1.165) is 43.4 Å². The predicted octanol–water partition coefficient (Wildman–Crippen LogP) is 2.23. The number of nitrogens with one attached hydrogen (secondary N) is 1. The molecule has 2 aliphatic rings. The Labute approximate surface area is 147 Å². The minimum Gasteiger partial charge on any atom is -0.353 e. The third kappa shape index (κ3) is 3.45. The highest BCUT2D eigenvalue weighted by Gasteiger charge is 2.32. The summed E-state index contributed by atoms with van der Waals surface area (Å²) >= 11 is 1.69. The van der Waals surface area contributed by atoms with Gasteiger partial charge in [0.15, 0.2) is 0 Å². The molecule has 0 radical (unpaired) electrons. The van der Waals surface area contributed by atoms with Crippen LogP contribution in [0.1, 0.15) is 13.3 Å². The minimum absolute atomic E-state index is 0. The Kier molecular flexibility index (Phi) is 5.06. The van der Waals surface area contributed by atoms with Gasteiger partial charge >= 0.3 is 0 Å². The van der Waals surface area contributed by atoms with Crippen molar-refractivity contribution in [1.82, 2.24) is 20.2 Å². The second-order valence-corrected chi connectivity index (χ2v) is 7.73. The summed E-state index contributed by atoms with van der Waals surface area (Å²) in [6.45, 7) is 10.3. The summed E-state index contributed by atoms with van der Waals surface area (Å²) in [5.74, 6) is 1.11. The van der Waals surface area contributed by atoms with Gasteiger partial charge in [0, 0.05) is 39.3 Å². The maximum Gasteiger partial charge on any atom is 0.140 e. The highest BCUT2D eigenvalue weighted by atomic mass is 35.5. The van der Waals surface area contributed by atoms with Gasteiger partial charge in [-0.25, -0.2) is 9.97 Å². The van der Waals surface area contributed by atoms with Gasteiger partial charge < -0.3 is 10.2 Å². The van der Waals surface area contributed by atoms with E-state index in [9.17, 15) is 0 Å². The van der Waals surface area contributed by atoms with Crippen molar-refractivity contribution < 1.29 is 0 Å². The summed E-state index contributed by atoms with van der Waals surface area (Å²) in [7, 11) is 0. The molecule has 0 bridgehead atoms. The maximum atomic E-state index is 4.54. The Balaban J connectivity index is 0.00000156. The number of thiophene rings is 1. The highest BCUT2D eigenvalue weighted by molar-refractivity contribution is 7.16. The van der Waals surface area contributed by atoms with Crippen LogP contribution in [0.25, 0.3) is 10.2 Å². The number of anilines is 1. The lowest BCUT2D eigenvalue weighted by Gasteiger charge is -2.39. The van der Waals surface area contributed by atoms with Gasteiger partial charge in [-0.15, -0.1) is 23.7 Å². The van der Waals surface area contributed by atoms with Gasteiger partial charge in [0.05, 0.1) is 5.39 Å². The normalized spacial score (nSPS) is 25.7. The molecule has 5 nitrogen and oxygen atoms in total. The smallest absolute Gasteiger partial charge is 0.140 e. The van der Waals surface area contributed by atoms with E-state index in [4.69, 9.17) is 0 Å². The molecule has 0 amide bonds. The fraction of sp³-hybridized carbons (Fsp3) is 0.625. The second-order valence-electron chi connectivity index (χ2n) is 6.84. The van der Waals surface area contributed by atoms with E-state index >= 15 is 0 Å². The molecule has 23 heavy (non-hydrogen) atoms. The summed E-state index contributed by atoms with van der Waals surface area (Å²) in [5.41, 5.74) is 0.456. The molecule has 2 fully saturated rings. The van der Waals surface area contributed by atoms with E-state index in [2.05, 4.69) is 43.5 Å². The van der Waals surface area contributed by atoms with Crippen LogP contribution in [0.3, 0.4) is 0 Å². The zero-order valence-corrected chi connectivity index (χ0v) is 15.1. The number of hydrogen-bond donors (Lipinski definition) is 1. The number of halogens is 1. The van der Waals surface area contributed by atoms with Crippen molar-refractivity contribution in [3.63, 3.8) is 0 Å². The zero-order valence-electron chi connectivity index (χ0n) is 13.5. The summed E-state index contributed by atoms with van der Waals surface area (Å²) in [4.78, 5) is 15.0. The molecule has 1 atom stereocenters. The lowest BCUT2D eigenvalue weighted by molar-refractivity contribution is 0.169. The average molecular weight is 354 g/mol.